The maximum absolute atomic E-state index is 11.9. The highest BCUT2D eigenvalue weighted by atomic mass is 35.5. The van der Waals surface area contributed by atoms with E-state index in [0.717, 1.165) is 32.1 Å². The number of hydrogen-bond donors (Lipinski definition) is 2. The van der Waals surface area contributed by atoms with Crippen molar-refractivity contribution in [2.24, 2.45) is 0 Å². The van der Waals surface area contributed by atoms with Crippen LogP contribution in [0.3, 0.4) is 0 Å². The Bertz CT molecular complexity index is 391. The smallest absolute Gasteiger partial charge is 0.256 e. The highest BCUT2D eigenvalue weighted by Crippen LogP contribution is 2.20. The summed E-state index contributed by atoms with van der Waals surface area (Å²) < 4.78 is 4.87. The van der Waals surface area contributed by atoms with Crippen molar-refractivity contribution in [1.82, 2.24) is 5.32 Å². The Morgan fingerprint density at radius 1 is 1.41 bits per heavy atom. The minimum atomic E-state index is -0.466. The second kappa shape index (κ2) is 5.56. The molecule has 0 aromatic carbocycles. The van der Waals surface area contributed by atoms with Crippen molar-refractivity contribution >= 4 is 17.5 Å². The van der Waals surface area contributed by atoms with Crippen molar-refractivity contribution in [3.8, 4) is 0 Å². The van der Waals surface area contributed by atoms with Crippen LogP contribution in [-0.2, 0) is 0 Å². The molecule has 94 valence electrons. The highest BCUT2D eigenvalue weighted by molar-refractivity contribution is 6.32. The molecule has 0 saturated heterocycles. The van der Waals surface area contributed by atoms with Gasteiger partial charge in [-0.05, 0) is 30.5 Å². The second-order valence-corrected chi connectivity index (χ2v) is 4.74. The Labute approximate surface area is 105 Å². The van der Waals surface area contributed by atoms with Gasteiger partial charge in [-0.15, -0.1) is 0 Å². The molecule has 2 unspecified atom stereocenters. The number of aliphatic hydroxyl groups excluding tert-OH is 1. The molecule has 1 saturated carbocycles. The molecule has 1 heterocycles. The van der Waals surface area contributed by atoms with Crippen LogP contribution in [0.1, 0.15) is 42.5 Å². The fourth-order valence-corrected chi connectivity index (χ4v) is 2.36. The molecule has 2 atom stereocenters. The van der Waals surface area contributed by atoms with Crippen LogP contribution >= 0.6 is 11.6 Å². The molecular formula is C12H16ClNO3. The molecular weight excluding hydrogens is 242 g/mol. The number of amides is 1. The van der Waals surface area contributed by atoms with Crippen molar-refractivity contribution in [3.63, 3.8) is 0 Å². The predicted octanol–water partition coefficient (Wildman–Crippen LogP) is 2.36. The number of carbonyl (C=O) groups excluding carboxylic acids is 1. The van der Waals surface area contributed by atoms with E-state index in [2.05, 4.69) is 5.32 Å². The monoisotopic (exact) mass is 257 g/mol. The van der Waals surface area contributed by atoms with Gasteiger partial charge in [0.25, 0.3) is 5.91 Å². The Morgan fingerprint density at radius 3 is 2.88 bits per heavy atom. The molecule has 1 aromatic rings. The summed E-state index contributed by atoms with van der Waals surface area (Å²) in [5, 5.41) is 12.8. The number of nitrogens with one attached hydrogen (secondary N) is 1. The van der Waals surface area contributed by atoms with Gasteiger partial charge in [-0.1, -0.05) is 19.3 Å². The van der Waals surface area contributed by atoms with Crippen molar-refractivity contribution in [1.29, 1.82) is 0 Å². The normalized spacial score (nSPS) is 25.3. The van der Waals surface area contributed by atoms with E-state index in [1.807, 2.05) is 0 Å². The molecule has 1 fully saturated rings. The number of rotatable bonds is 2. The van der Waals surface area contributed by atoms with Crippen LogP contribution in [0.15, 0.2) is 16.7 Å². The predicted molar refractivity (Wildman–Crippen MR) is 64.1 cm³/mol. The molecule has 1 aliphatic rings. The molecule has 17 heavy (non-hydrogen) atoms. The average molecular weight is 258 g/mol. The molecule has 0 bridgehead atoms. The fraction of sp³-hybridized carbons (Fsp3) is 0.583. The third kappa shape index (κ3) is 3.01. The maximum atomic E-state index is 11.9. The van der Waals surface area contributed by atoms with Gasteiger partial charge < -0.3 is 14.8 Å². The Morgan fingerprint density at radius 2 is 2.18 bits per heavy atom. The van der Waals surface area contributed by atoms with Crippen LogP contribution < -0.4 is 5.32 Å². The number of hydrogen-bond acceptors (Lipinski definition) is 3. The topological polar surface area (TPSA) is 62.5 Å². The summed E-state index contributed by atoms with van der Waals surface area (Å²) >= 11 is 5.73. The Kier molecular flexibility index (Phi) is 4.07. The Balaban J connectivity index is 2.00. The fourth-order valence-electron chi connectivity index (χ4n) is 2.16. The average Bonchev–Trinajstić information content (AvgIpc) is 2.63. The summed E-state index contributed by atoms with van der Waals surface area (Å²) in [7, 11) is 0. The number of halogens is 1. The van der Waals surface area contributed by atoms with Gasteiger partial charge in [0.05, 0.1) is 24.0 Å². The molecule has 0 aliphatic heterocycles. The van der Waals surface area contributed by atoms with Crippen molar-refractivity contribution in [2.75, 3.05) is 0 Å². The number of carbonyl (C=O) groups is 1. The number of furan rings is 1. The van der Waals surface area contributed by atoms with Crippen molar-refractivity contribution in [3.05, 3.63) is 23.1 Å². The molecule has 2 rings (SSSR count). The summed E-state index contributed by atoms with van der Waals surface area (Å²) in [6.45, 7) is 0. The third-order valence-electron chi connectivity index (χ3n) is 3.16. The molecule has 2 N–H and O–H groups in total. The summed E-state index contributed by atoms with van der Waals surface area (Å²) in [5.74, 6) is -0.283. The van der Waals surface area contributed by atoms with Gasteiger partial charge in [0.1, 0.15) is 0 Å². The van der Waals surface area contributed by atoms with E-state index in [0.29, 0.717) is 5.56 Å². The zero-order valence-electron chi connectivity index (χ0n) is 9.49. The molecule has 1 amide bonds. The molecule has 0 spiro atoms. The van der Waals surface area contributed by atoms with E-state index in [4.69, 9.17) is 16.0 Å². The molecule has 4 nitrogen and oxygen atoms in total. The lowest BCUT2D eigenvalue weighted by Crippen LogP contribution is -2.42. The van der Waals surface area contributed by atoms with E-state index in [9.17, 15) is 9.90 Å². The van der Waals surface area contributed by atoms with Crippen LogP contribution in [0.4, 0.5) is 0 Å². The first-order valence-corrected chi connectivity index (χ1v) is 6.28. The first-order valence-electron chi connectivity index (χ1n) is 5.90. The van der Waals surface area contributed by atoms with Crippen molar-refractivity contribution < 1.29 is 14.3 Å². The second-order valence-electron chi connectivity index (χ2n) is 4.39. The van der Waals surface area contributed by atoms with Gasteiger partial charge in [-0.3, -0.25) is 4.79 Å². The van der Waals surface area contributed by atoms with E-state index < -0.39 is 6.10 Å². The van der Waals surface area contributed by atoms with Gasteiger partial charge in [-0.2, -0.15) is 0 Å². The maximum Gasteiger partial charge on any atom is 0.256 e. The van der Waals surface area contributed by atoms with Gasteiger partial charge in [0, 0.05) is 0 Å². The standard InChI is InChI=1S/C12H16ClNO3/c13-11-8(6-7-17-11)12(16)14-9-4-2-1-3-5-10(9)15/h6-7,9-10,15H,1-5H2,(H,14,16). The molecule has 1 aliphatic carbocycles. The largest absolute Gasteiger partial charge is 0.452 e. The van der Waals surface area contributed by atoms with E-state index in [1.165, 1.54) is 12.3 Å². The Hall–Kier alpha value is -1.00. The minimum Gasteiger partial charge on any atom is -0.452 e. The summed E-state index contributed by atoms with van der Waals surface area (Å²) in [5.41, 5.74) is 0.322. The molecule has 5 heteroatoms. The van der Waals surface area contributed by atoms with E-state index in [-0.39, 0.29) is 17.2 Å². The van der Waals surface area contributed by atoms with E-state index >= 15 is 0 Å². The lowest BCUT2D eigenvalue weighted by Gasteiger charge is -2.21. The lowest BCUT2D eigenvalue weighted by molar-refractivity contribution is 0.0818. The van der Waals surface area contributed by atoms with Gasteiger partial charge >= 0.3 is 0 Å². The zero-order chi connectivity index (χ0) is 12.3. The first kappa shape index (κ1) is 12.5. The van der Waals surface area contributed by atoms with Crippen LogP contribution in [0, 0.1) is 0 Å². The van der Waals surface area contributed by atoms with Crippen LogP contribution in [0.25, 0.3) is 0 Å². The molecule has 1 aromatic heterocycles. The molecule has 0 radical (unpaired) electrons. The SMILES string of the molecule is O=C(NC1CCCCCC1O)c1ccoc1Cl. The van der Waals surface area contributed by atoms with Crippen LogP contribution in [-0.4, -0.2) is 23.2 Å². The third-order valence-corrected chi connectivity index (χ3v) is 3.45. The summed E-state index contributed by atoms with van der Waals surface area (Å²) in [4.78, 5) is 11.9. The zero-order valence-corrected chi connectivity index (χ0v) is 10.2. The van der Waals surface area contributed by atoms with E-state index in [1.54, 1.807) is 0 Å². The summed E-state index contributed by atoms with van der Waals surface area (Å²) in [6.07, 6.45) is 5.61. The minimum absolute atomic E-state index is 0.0885. The van der Waals surface area contributed by atoms with Gasteiger partial charge in [-0.25, -0.2) is 0 Å². The van der Waals surface area contributed by atoms with Crippen LogP contribution in [0.5, 0.6) is 0 Å². The van der Waals surface area contributed by atoms with Crippen molar-refractivity contribution in [2.45, 2.75) is 44.2 Å². The van der Waals surface area contributed by atoms with Gasteiger partial charge in [0.15, 0.2) is 0 Å². The number of aliphatic hydroxyl groups is 1. The highest BCUT2D eigenvalue weighted by Gasteiger charge is 2.24. The van der Waals surface area contributed by atoms with Gasteiger partial charge in [0.2, 0.25) is 5.22 Å². The van der Waals surface area contributed by atoms with Crippen LogP contribution in [0.2, 0.25) is 5.22 Å². The quantitative estimate of drug-likeness (QED) is 0.800. The lowest BCUT2D eigenvalue weighted by atomic mass is 10.1. The summed E-state index contributed by atoms with van der Waals surface area (Å²) in [6, 6.07) is 1.34. The first-order chi connectivity index (χ1) is 8.18.